The van der Waals surface area contributed by atoms with Gasteiger partial charge in [-0.3, -0.25) is 9.48 Å². The molecule has 2 atom stereocenters. The minimum atomic E-state index is -0.508. The molecule has 8 nitrogen and oxygen atoms in total. The first-order valence-electron chi connectivity index (χ1n) is 11.8. The molecule has 0 bridgehead atoms. The average molecular weight is 575 g/mol. The van der Waals surface area contributed by atoms with Gasteiger partial charge < -0.3 is 14.7 Å². The highest BCUT2D eigenvalue weighted by atomic mass is 79.9. The molecule has 0 spiro atoms. The number of carbonyl (C=O) groups is 1. The molecule has 2 aromatic heterocycles. The summed E-state index contributed by atoms with van der Waals surface area (Å²) >= 11 is 9.64. The fourth-order valence-corrected chi connectivity index (χ4v) is 5.76. The van der Waals surface area contributed by atoms with Gasteiger partial charge in [0.1, 0.15) is 11.3 Å². The van der Waals surface area contributed by atoms with Crippen LogP contribution < -0.4 is 4.90 Å². The zero-order valence-corrected chi connectivity index (χ0v) is 22.4. The van der Waals surface area contributed by atoms with E-state index in [4.69, 9.17) is 21.7 Å². The Bertz CT molecular complexity index is 1410. The minimum absolute atomic E-state index is 0.0791. The molecule has 2 saturated heterocycles. The summed E-state index contributed by atoms with van der Waals surface area (Å²) in [6.45, 7) is 5.65. The lowest BCUT2D eigenvalue weighted by Crippen LogP contribution is -2.57. The molecular formula is C25H26BrClFN7O. The number of carbonyl (C=O) groups excluding carboxylic acids is 1. The zero-order valence-electron chi connectivity index (χ0n) is 20.1. The van der Waals surface area contributed by atoms with Crippen LogP contribution in [0.2, 0.25) is 5.02 Å². The smallest absolute Gasteiger partial charge is 0.246 e. The number of nitriles is 1. The third-order valence-corrected chi connectivity index (χ3v) is 8.66. The van der Waals surface area contributed by atoms with Gasteiger partial charge in [0.05, 0.1) is 45.1 Å². The predicted octanol–water partition coefficient (Wildman–Crippen LogP) is 4.52. The van der Waals surface area contributed by atoms with Gasteiger partial charge in [-0.05, 0) is 55.0 Å². The lowest BCUT2D eigenvalue weighted by molar-refractivity contribution is -0.130. The summed E-state index contributed by atoms with van der Waals surface area (Å²) in [5.41, 5.74) is 0.998. The molecule has 4 heterocycles. The summed E-state index contributed by atoms with van der Waals surface area (Å²) < 4.78 is 17.5. The molecule has 5 rings (SSSR count). The number of fused-ring (bicyclic) bond motifs is 3. The molecule has 2 aliphatic heterocycles. The average Bonchev–Trinajstić information content (AvgIpc) is 3.27. The van der Waals surface area contributed by atoms with Crippen molar-refractivity contribution < 1.29 is 9.18 Å². The number of nitrogens with zero attached hydrogens (tertiary/aromatic N) is 7. The third kappa shape index (κ3) is 4.03. The van der Waals surface area contributed by atoms with E-state index in [-0.39, 0.29) is 39.4 Å². The Morgan fingerprint density at radius 3 is 2.83 bits per heavy atom. The third-order valence-electron chi connectivity index (χ3n) is 7.36. The highest BCUT2D eigenvalue weighted by Gasteiger charge is 2.35. The van der Waals surface area contributed by atoms with Crippen molar-refractivity contribution in [3.8, 4) is 6.07 Å². The van der Waals surface area contributed by atoms with Crippen molar-refractivity contribution in [1.29, 1.82) is 5.26 Å². The second-order valence-corrected chi connectivity index (χ2v) is 10.8. The maximum atomic E-state index is 15.4. The molecule has 36 heavy (non-hydrogen) atoms. The topological polar surface area (TPSA) is 81.3 Å². The van der Waals surface area contributed by atoms with Gasteiger partial charge in [-0.15, -0.1) is 0 Å². The summed E-state index contributed by atoms with van der Waals surface area (Å²) in [6, 6.07) is 3.99. The van der Waals surface area contributed by atoms with E-state index in [2.05, 4.69) is 38.4 Å². The quantitative estimate of drug-likeness (QED) is 0.329. The highest BCUT2D eigenvalue weighted by molar-refractivity contribution is 9.10. The number of anilines is 1. The Morgan fingerprint density at radius 1 is 1.42 bits per heavy atom. The number of hydrogen-bond acceptors (Lipinski definition) is 6. The van der Waals surface area contributed by atoms with Crippen molar-refractivity contribution in [1.82, 2.24) is 24.6 Å². The van der Waals surface area contributed by atoms with Gasteiger partial charge in [-0.25, -0.2) is 9.37 Å². The number of rotatable bonds is 5. The maximum absolute atomic E-state index is 15.4. The molecule has 1 aromatic carbocycles. The first-order chi connectivity index (χ1) is 17.2. The number of benzene rings is 1. The first-order valence-corrected chi connectivity index (χ1v) is 13.0. The minimum Gasteiger partial charge on any atom is -0.353 e. The number of likely N-dealkylation sites (N-methyl/N-ethyl adjacent to an activating group) is 1. The molecule has 0 radical (unpaired) electrons. The molecule has 2 aliphatic rings. The number of pyridine rings is 1. The van der Waals surface area contributed by atoms with E-state index < -0.39 is 5.82 Å². The van der Waals surface area contributed by atoms with Crippen LogP contribution in [0.4, 0.5) is 10.2 Å². The van der Waals surface area contributed by atoms with Crippen molar-refractivity contribution in [2.45, 2.75) is 37.4 Å². The van der Waals surface area contributed by atoms with Gasteiger partial charge in [0.15, 0.2) is 5.82 Å². The van der Waals surface area contributed by atoms with E-state index in [0.29, 0.717) is 36.6 Å². The Balaban J connectivity index is 1.64. The van der Waals surface area contributed by atoms with Gasteiger partial charge in [-0.1, -0.05) is 18.2 Å². The Labute approximate surface area is 222 Å². The molecule has 188 valence electrons. The van der Waals surface area contributed by atoms with E-state index in [1.807, 2.05) is 18.8 Å². The maximum Gasteiger partial charge on any atom is 0.246 e. The molecule has 0 unspecified atom stereocenters. The Kier molecular flexibility index (Phi) is 6.66. The number of likely N-dealkylation sites (tertiary alicyclic amines) is 1. The van der Waals surface area contributed by atoms with Crippen molar-refractivity contribution in [3.63, 3.8) is 0 Å². The van der Waals surface area contributed by atoms with Gasteiger partial charge >= 0.3 is 0 Å². The number of hydrogen-bond donors (Lipinski definition) is 0. The largest absolute Gasteiger partial charge is 0.353 e. The van der Waals surface area contributed by atoms with E-state index in [0.717, 1.165) is 24.0 Å². The number of halogens is 3. The second kappa shape index (κ2) is 9.61. The molecule has 0 saturated carbocycles. The second-order valence-electron chi connectivity index (χ2n) is 9.62. The molecule has 1 amide bonds. The molecular weight excluding hydrogens is 549 g/mol. The van der Waals surface area contributed by atoms with Crippen LogP contribution in [0.1, 0.15) is 25.3 Å². The molecule has 2 fully saturated rings. The van der Waals surface area contributed by atoms with Crippen LogP contribution in [0.5, 0.6) is 0 Å². The first kappa shape index (κ1) is 24.9. The van der Waals surface area contributed by atoms with Crippen LogP contribution in [-0.4, -0.2) is 76.3 Å². The fraction of sp³-hybridized carbons (Fsp3) is 0.440. The van der Waals surface area contributed by atoms with Crippen LogP contribution in [0.3, 0.4) is 0 Å². The summed E-state index contributed by atoms with van der Waals surface area (Å²) in [5, 5.41) is 15.8. The van der Waals surface area contributed by atoms with Gasteiger partial charge in [0.2, 0.25) is 5.91 Å². The van der Waals surface area contributed by atoms with Crippen molar-refractivity contribution in [2.75, 3.05) is 38.6 Å². The summed E-state index contributed by atoms with van der Waals surface area (Å²) in [4.78, 5) is 23.1. The molecule has 0 N–H and O–H groups in total. The van der Waals surface area contributed by atoms with E-state index in [1.54, 1.807) is 17.2 Å². The van der Waals surface area contributed by atoms with E-state index >= 15 is 4.39 Å². The SMILES string of the molecule is C=CC(=O)N1CC[C@H](n2ncc3c(N4CC(N(C)C)C4)nc4c(F)c(Br)c(Cl)cc4c32)C[C@H]1CC#N. The van der Waals surface area contributed by atoms with Crippen LogP contribution in [-0.2, 0) is 4.79 Å². The summed E-state index contributed by atoms with van der Waals surface area (Å²) in [6.07, 6.45) is 4.50. The molecule has 3 aromatic rings. The zero-order chi connectivity index (χ0) is 25.7. The lowest BCUT2D eigenvalue weighted by Gasteiger charge is -2.43. The molecule has 0 aliphatic carbocycles. The highest BCUT2D eigenvalue weighted by Crippen LogP contribution is 2.41. The fourth-order valence-electron chi connectivity index (χ4n) is 5.27. The Morgan fingerprint density at radius 2 is 2.17 bits per heavy atom. The number of amides is 1. The molecule has 11 heteroatoms. The van der Waals surface area contributed by atoms with Crippen LogP contribution in [0.15, 0.2) is 29.4 Å². The van der Waals surface area contributed by atoms with Crippen LogP contribution in [0, 0.1) is 17.1 Å². The van der Waals surface area contributed by atoms with Crippen LogP contribution >= 0.6 is 27.5 Å². The summed E-state index contributed by atoms with van der Waals surface area (Å²) in [5.74, 6) is 0.0116. The number of aromatic nitrogens is 3. The number of piperidine rings is 1. The van der Waals surface area contributed by atoms with Gasteiger partial charge in [-0.2, -0.15) is 10.4 Å². The predicted molar refractivity (Wildman–Crippen MR) is 142 cm³/mol. The lowest BCUT2D eigenvalue weighted by atomic mass is 9.94. The standard InChI is InChI=1S/C25H26BrClFN7O/c1-4-20(36)34-8-6-15(9-14(34)5-7-29)35-24-17-10-19(27)21(26)22(28)23(17)31-25(18(24)11-30-35)33-12-16(13-33)32(2)3/h4,10-11,14-16H,1,5-6,8-9,12-13H2,2-3H3/t14-,15+/m1/s1. The van der Waals surface area contributed by atoms with Crippen molar-refractivity contribution in [2.24, 2.45) is 0 Å². The van der Waals surface area contributed by atoms with Crippen molar-refractivity contribution in [3.05, 3.63) is 40.2 Å². The van der Waals surface area contributed by atoms with E-state index in [1.165, 1.54) is 6.08 Å². The van der Waals surface area contributed by atoms with Gasteiger partial charge in [0.25, 0.3) is 0 Å². The monoisotopic (exact) mass is 573 g/mol. The van der Waals surface area contributed by atoms with Gasteiger partial charge in [0, 0.05) is 37.1 Å². The summed E-state index contributed by atoms with van der Waals surface area (Å²) in [7, 11) is 4.09. The van der Waals surface area contributed by atoms with E-state index in [9.17, 15) is 10.1 Å². The van der Waals surface area contributed by atoms with Crippen molar-refractivity contribution >= 4 is 61.1 Å². The van der Waals surface area contributed by atoms with Crippen LogP contribution in [0.25, 0.3) is 21.8 Å². The normalized spacial score (nSPS) is 20.7. The Hall–Kier alpha value is -2.74.